The van der Waals surface area contributed by atoms with Gasteiger partial charge in [-0.25, -0.2) is 0 Å². The van der Waals surface area contributed by atoms with Gasteiger partial charge in [0.1, 0.15) is 0 Å². The van der Waals surface area contributed by atoms with Crippen LogP contribution in [0.5, 0.6) is 0 Å². The lowest BCUT2D eigenvalue weighted by Crippen LogP contribution is -2.42. The highest BCUT2D eigenvalue weighted by atomic mass is 16.5. The lowest BCUT2D eigenvalue weighted by molar-refractivity contribution is -0.144. The molecule has 6 heteroatoms. The molecule has 0 bridgehead atoms. The van der Waals surface area contributed by atoms with Crippen molar-refractivity contribution >= 4 is 17.8 Å². The summed E-state index contributed by atoms with van der Waals surface area (Å²) in [4.78, 5) is 35.3. The number of benzene rings is 2. The Bertz CT molecular complexity index is 759. The van der Waals surface area contributed by atoms with Gasteiger partial charge in [0.25, 0.3) is 5.91 Å². The lowest BCUT2D eigenvalue weighted by atomic mass is 10.1. The first kappa shape index (κ1) is 19.2. The number of aryl methyl sites for hydroxylation is 1. The average Bonchev–Trinajstić information content (AvgIpc) is 2.65. The van der Waals surface area contributed by atoms with E-state index in [2.05, 4.69) is 10.9 Å². The first-order valence-electron chi connectivity index (χ1n) is 8.40. The Labute approximate surface area is 152 Å². The van der Waals surface area contributed by atoms with Gasteiger partial charge in [-0.05, 0) is 24.1 Å². The number of carbonyl (C=O) groups is 3. The van der Waals surface area contributed by atoms with Crippen LogP contribution in [0.2, 0.25) is 0 Å². The molecule has 2 aromatic rings. The second-order valence-electron chi connectivity index (χ2n) is 5.77. The average molecular weight is 354 g/mol. The summed E-state index contributed by atoms with van der Waals surface area (Å²) in [5.41, 5.74) is 7.00. The van der Waals surface area contributed by atoms with Crippen LogP contribution in [0.25, 0.3) is 0 Å². The monoisotopic (exact) mass is 354 g/mol. The molecule has 0 aliphatic carbocycles. The van der Waals surface area contributed by atoms with Gasteiger partial charge in [-0.2, -0.15) is 0 Å². The van der Waals surface area contributed by atoms with Crippen molar-refractivity contribution in [1.82, 2.24) is 10.9 Å². The lowest BCUT2D eigenvalue weighted by Gasteiger charge is -2.09. The summed E-state index contributed by atoms with van der Waals surface area (Å²) >= 11 is 0. The number of amides is 2. The van der Waals surface area contributed by atoms with E-state index < -0.39 is 17.8 Å². The number of nitrogens with one attached hydrogen (secondary N) is 2. The Kier molecular flexibility index (Phi) is 7.36. The summed E-state index contributed by atoms with van der Waals surface area (Å²) in [6, 6.07) is 16.7. The molecule has 0 atom stereocenters. The second kappa shape index (κ2) is 9.98. The third kappa shape index (κ3) is 6.39. The Morgan fingerprint density at radius 2 is 1.58 bits per heavy atom. The fraction of sp³-hybridized carbons (Fsp3) is 0.250. The zero-order valence-corrected chi connectivity index (χ0v) is 14.7. The Hall–Kier alpha value is -3.15. The van der Waals surface area contributed by atoms with Gasteiger partial charge in [-0.3, -0.25) is 25.2 Å². The topological polar surface area (TPSA) is 84.5 Å². The van der Waals surface area contributed by atoms with Crippen LogP contribution in [0.1, 0.15) is 34.3 Å². The Morgan fingerprint density at radius 3 is 2.31 bits per heavy atom. The van der Waals surface area contributed by atoms with Gasteiger partial charge in [0.05, 0.1) is 13.0 Å². The fourth-order valence-corrected chi connectivity index (χ4v) is 2.30. The summed E-state index contributed by atoms with van der Waals surface area (Å²) < 4.78 is 5.10. The van der Waals surface area contributed by atoms with E-state index >= 15 is 0 Å². The van der Waals surface area contributed by atoms with Gasteiger partial charge < -0.3 is 4.74 Å². The third-order valence-corrected chi connectivity index (χ3v) is 3.76. The molecule has 0 aromatic heterocycles. The normalized spacial score (nSPS) is 10.0. The third-order valence-electron chi connectivity index (χ3n) is 3.76. The van der Waals surface area contributed by atoms with Crippen LogP contribution < -0.4 is 10.9 Å². The van der Waals surface area contributed by atoms with Gasteiger partial charge in [0.2, 0.25) is 5.91 Å². The highest BCUT2D eigenvalue weighted by molar-refractivity contribution is 5.96. The van der Waals surface area contributed by atoms with Crippen molar-refractivity contribution in [3.05, 3.63) is 71.3 Å². The van der Waals surface area contributed by atoms with Gasteiger partial charge >= 0.3 is 5.97 Å². The number of rotatable bonds is 7. The van der Waals surface area contributed by atoms with E-state index in [1.807, 2.05) is 49.4 Å². The molecule has 2 N–H and O–H groups in total. The molecule has 0 radical (unpaired) electrons. The van der Waals surface area contributed by atoms with Crippen molar-refractivity contribution in [2.45, 2.75) is 26.2 Å². The standard InChI is InChI=1S/C20H22N2O4/c1-15-7-5-6-10-17(15)20(25)22-21-18(23)11-12-19(24)26-14-13-16-8-3-2-4-9-16/h2-10H,11-14H2,1H3,(H,21,23)(H,22,25). The zero-order chi connectivity index (χ0) is 18.8. The molecular formula is C20H22N2O4. The number of hydrazine groups is 1. The molecule has 0 heterocycles. The van der Waals surface area contributed by atoms with Crippen molar-refractivity contribution in [2.24, 2.45) is 0 Å². The first-order valence-corrected chi connectivity index (χ1v) is 8.40. The zero-order valence-electron chi connectivity index (χ0n) is 14.7. The number of hydrogen-bond donors (Lipinski definition) is 2. The van der Waals surface area contributed by atoms with Gasteiger partial charge in [0, 0.05) is 18.4 Å². The molecule has 0 unspecified atom stereocenters. The second-order valence-corrected chi connectivity index (χ2v) is 5.77. The first-order chi connectivity index (χ1) is 12.6. The van der Waals surface area contributed by atoms with Crippen LogP contribution in [0.4, 0.5) is 0 Å². The highest BCUT2D eigenvalue weighted by Crippen LogP contribution is 2.06. The molecule has 0 saturated heterocycles. The molecule has 0 aliphatic heterocycles. The van der Waals surface area contributed by atoms with Crippen LogP contribution in [-0.4, -0.2) is 24.4 Å². The maximum Gasteiger partial charge on any atom is 0.306 e. The molecule has 0 spiro atoms. The number of esters is 1. The summed E-state index contributed by atoms with van der Waals surface area (Å²) in [7, 11) is 0. The summed E-state index contributed by atoms with van der Waals surface area (Å²) in [6.07, 6.45) is 0.532. The Morgan fingerprint density at radius 1 is 0.885 bits per heavy atom. The van der Waals surface area contributed by atoms with Gasteiger partial charge in [0.15, 0.2) is 0 Å². The fourth-order valence-electron chi connectivity index (χ4n) is 2.30. The molecule has 0 aliphatic rings. The van der Waals surface area contributed by atoms with Crippen molar-refractivity contribution in [3.63, 3.8) is 0 Å². The van der Waals surface area contributed by atoms with Crippen LogP contribution in [0.15, 0.2) is 54.6 Å². The molecule has 0 fully saturated rings. The molecule has 26 heavy (non-hydrogen) atoms. The number of ether oxygens (including phenoxy) is 1. The smallest absolute Gasteiger partial charge is 0.306 e. The predicted molar refractivity (Wildman–Crippen MR) is 97.1 cm³/mol. The molecule has 2 rings (SSSR count). The largest absolute Gasteiger partial charge is 0.465 e. The van der Waals surface area contributed by atoms with Crippen molar-refractivity contribution < 1.29 is 19.1 Å². The van der Waals surface area contributed by atoms with E-state index in [-0.39, 0.29) is 19.4 Å². The number of hydrogen-bond acceptors (Lipinski definition) is 4. The molecule has 0 saturated carbocycles. The van der Waals surface area contributed by atoms with Crippen LogP contribution in [-0.2, 0) is 20.7 Å². The molecule has 2 amide bonds. The van der Waals surface area contributed by atoms with Crippen molar-refractivity contribution in [2.75, 3.05) is 6.61 Å². The minimum Gasteiger partial charge on any atom is -0.465 e. The molecule has 6 nitrogen and oxygen atoms in total. The Balaban J connectivity index is 1.63. The number of carbonyl (C=O) groups excluding carboxylic acids is 3. The minimum atomic E-state index is -0.452. The predicted octanol–water partition coefficient (Wildman–Crippen LogP) is 2.32. The molecule has 2 aromatic carbocycles. The maximum atomic E-state index is 12.0. The summed E-state index contributed by atoms with van der Waals surface area (Å²) in [6.45, 7) is 2.08. The highest BCUT2D eigenvalue weighted by Gasteiger charge is 2.11. The van der Waals surface area contributed by atoms with E-state index in [1.54, 1.807) is 12.1 Å². The summed E-state index contributed by atoms with van der Waals surface area (Å²) in [5, 5.41) is 0. The van der Waals surface area contributed by atoms with Crippen molar-refractivity contribution in [3.8, 4) is 0 Å². The van der Waals surface area contributed by atoms with Crippen LogP contribution >= 0.6 is 0 Å². The van der Waals surface area contributed by atoms with Crippen molar-refractivity contribution in [1.29, 1.82) is 0 Å². The maximum absolute atomic E-state index is 12.0. The SMILES string of the molecule is Cc1ccccc1C(=O)NNC(=O)CCC(=O)OCCc1ccccc1. The van der Waals surface area contributed by atoms with E-state index in [4.69, 9.17) is 4.74 Å². The van der Waals surface area contributed by atoms with Crippen LogP contribution in [0.3, 0.4) is 0 Å². The van der Waals surface area contributed by atoms with Gasteiger partial charge in [-0.1, -0.05) is 48.5 Å². The van der Waals surface area contributed by atoms with E-state index in [1.165, 1.54) is 0 Å². The van der Waals surface area contributed by atoms with Crippen LogP contribution in [0, 0.1) is 6.92 Å². The van der Waals surface area contributed by atoms with E-state index in [9.17, 15) is 14.4 Å². The minimum absolute atomic E-state index is 0.0408. The molecular weight excluding hydrogens is 332 g/mol. The summed E-state index contributed by atoms with van der Waals surface area (Å²) in [5.74, 6) is -1.30. The molecule has 136 valence electrons. The van der Waals surface area contributed by atoms with E-state index in [0.29, 0.717) is 12.0 Å². The van der Waals surface area contributed by atoms with Gasteiger partial charge in [-0.15, -0.1) is 0 Å². The quantitative estimate of drug-likeness (QED) is 0.590. The van der Waals surface area contributed by atoms with E-state index in [0.717, 1.165) is 11.1 Å².